The van der Waals surface area contributed by atoms with Crippen LogP contribution < -0.4 is 5.32 Å². The molecule has 0 spiro atoms. The Kier molecular flexibility index (Phi) is 5.58. The minimum absolute atomic E-state index is 1.08. The summed E-state index contributed by atoms with van der Waals surface area (Å²) in [6.45, 7) is 4.31. The third kappa shape index (κ3) is 4.83. The highest BCUT2D eigenvalue weighted by Gasteiger charge is 2.07. The predicted molar refractivity (Wildman–Crippen MR) is 125 cm³/mol. The van der Waals surface area contributed by atoms with Crippen LogP contribution in [-0.4, -0.2) is 0 Å². The maximum absolute atomic E-state index is 3.44. The summed E-state index contributed by atoms with van der Waals surface area (Å²) in [6, 6.07) is 36.2. The van der Waals surface area contributed by atoms with Gasteiger partial charge in [-0.3, -0.25) is 0 Å². The monoisotopic (exact) mass is 375 g/mol. The van der Waals surface area contributed by atoms with Crippen molar-refractivity contribution in [3.63, 3.8) is 0 Å². The normalized spacial score (nSPS) is 11.3. The van der Waals surface area contributed by atoms with Crippen LogP contribution in [0.25, 0.3) is 11.6 Å². The van der Waals surface area contributed by atoms with Gasteiger partial charge in [0, 0.05) is 11.4 Å². The first-order valence-electron chi connectivity index (χ1n) is 9.95. The lowest BCUT2D eigenvalue weighted by Crippen LogP contribution is -1.92. The molecule has 1 nitrogen and oxygen atoms in total. The molecule has 0 saturated heterocycles. The SMILES string of the molecule is Cc1cc(C)cc(/C(=C/c2ccc(Nc3ccccc3)cc2)c2ccccc2)c1. The Balaban J connectivity index is 1.69. The lowest BCUT2D eigenvalue weighted by Gasteiger charge is -2.12. The van der Waals surface area contributed by atoms with Crippen molar-refractivity contribution in [1.29, 1.82) is 0 Å². The molecule has 0 radical (unpaired) electrons. The molecule has 0 bridgehead atoms. The van der Waals surface area contributed by atoms with Gasteiger partial charge in [0.1, 0.15) is 0 Å². The van der Waals surface area contributed by atoms with Crippen molar-refractivity contribution in [2.75, 3.05) is 5.32 Å². The van der Waals surface area contributed by atoms with Crippen LogP contribution in [0.5, 0.6) is 0 Å². The van der Waals surface area contributed by atoms with E-state index in [1.54, 1.807) is 0 Å². The van der Waals surface area contributed by atoms with Gasteiger partial charge in [-0.1, -0.05) is 90.0 Å². The maximum Gasteiger partial charge on any atom is 0.0384 e. The van der Waals surface area contributed by atoms with Gasteiger partial charge in [-0.05, 0) is 66.5 Å². The van der Waals surface area contributed by atoms with Crippen LogP contribution >= 0.6 is 0 Å². The average molecular weight is 376 g/mol. The zero-order valence-electron chi connectivity index (χ0n) is 16.9. The van der Waals surface area contributed by atoms with Crippen molar-refractivity contribution in [1.82, 2.24) is 0 Å². The Morgan fingerprint density at radius 2 is 1.14 bits per heavy atom. The van der Waals surface area contributed by atoms with Gasteiger partial charge in [0.05, 0.1) is 0 Å². The predicted octanol–water partition coefficient (Wildman–Crippen LogP) is 7.64. The Hall–Kier alpha value is -3.58. The first-order valence-corrected chi connectivity index (χ1v) is 9.95. The Morgan fingerprint density at radius 1 is 0.586 bits per heavy atom. The molecule has 4 aromatic rings. The molecule has 0 amide bonds. The Morgan fingerprint density at radius 3 is 1.76 bits per heavy atom. The van der Waals surface area contributed by atoms with E-state index in [1.165, 1.54) is 33.4 Å². The van der Waals surface area contributed by atoms with Crippen molar-refractivity contribution in [3.8, 4) is 0 Å². The molecule has 4 rings (SSSR count). The number of hydrogen-bond acceptors (Lipinski definition) is 1. The molecule has 0 aromatic heterocycles. The third-order valence-corrected chi connectivity index (χ3v) is 4.90. The van der Waals surface area contributed by atoms with Gasteiger partial charge in [-0.25, -0.2) is 0 Å². The summed E-state index contributed by atoms with van der Waals surface area (Å²) in [4.78, 5) is 0. The number of nitrogens with one attached hydrogen (secondary N) is 1. The van der Waals surface area contributed by atoms with Gasteiger partial charge in [0.15, 0.2) is 0 Å². The van der Waals surface area contributed by atoms with Crippen molar-refractivity contribution in [2.45, 2.75) is 13.8 Å². The number of rotatable bonds is 5. The smallest absolute Gasteiger partial charge is 0.0384 e. The number of aryl methyl sites for hydroxylation is 2. The molecule has 142 valence electrons. The summed E-state index contributed by atoms with van der Waals surface area (Å²) in [5, 5.41) is 3.44. The molecular formula is C28H25N. The van der Waals surface area contributed by atoms with Crippen LogP contribution in [0.2, 0.25) is 0 Å². The molecule has 1 heteroatoms. The topological polar surface area (TPSA) is 12.0 Å². The van der Waals surface area contributed by atoms with Gasteiger partial charge < -0.3 is 5.32 Å². The average Bonchev–Trinajstić information content (AvgIpc) is 2.74. The summed E-state index contributed by atoms with van der Waals surface area (Å²) in [5.74, 6) is 0. The molecule has 4 aromatic carbocycles. The molecule has 0 saturated carbocycles. The van der Waals surface area contributed by atoms with Gasteiger partial charge >= 0.3 is 0 Å². The molecule has 0 aliphatic heterocycles. The third-order valence-electron chi connectivity index (χ3n) is 4.90. The van der Waals surface area contributed by atoms with Crippen LogP contribution in [0.3, 0.4) is 0 Å². The summed E-state index contributed by atoms with van der Waals surface area (Å²) < 4.78 is 0. The van der Waals surface area contributed by atoms with E-state index < -0.39 is 0 Å². The highest BCUT2D eigenvalue weighted by molar-refractivity contribution is 5.91. The van der Waals surface area contributed by atoms with Gasteiger partial charge in [-0.15, -0.1) is 0 Å². The molecule has 0 atom stereocenters. The minimum Gasteiger partial charge on any atom is -0.356 e. The minimum atomic E-state index is 1.08. The number of benzene rings is 4. The van der Waals surface area contributed by atoms with Gasteiger partial charge in [0.2, 0.25) is 0 Å². The van der Waals surface area contributed by atoms with Crippen molar-refractivity contribution in [2.24, 2.45) is 0 Å². The fourth-order valence-corrected chi connectivity index (χ4v) is 3.60. The van der Waals surface area contributed by atoms with Crippen LogP contribution in [0, 0.1) is 13.8 Å². The molecule has 0 heterocycles. The lowest BCUT2D eigenvalue weighted by atomic mass is 9.93. The molecule has 29 heavy (non-hydrogen) atoms. The van der Waals surface area contributed by atoms with E-state index in [0.717, 1.165) is 11.4 Å². The van der Waals surface area contributed by atoms with E-state index in [1.807, 2.05) is 18.2 Å². The van der Waals surface area contributed by atoms with E-state index in [0.29, 0.717) is 0 Å². The Bertz CT molecular complexity index is 1090. The zero-order valence-corrected chi connectivity index (χ0v) is 16.9. The van der Waals surface area contributed by atoms with Crippen LogP contribution in [0.1, 0.15) is 27.8 Å². The highest BCUT2D eigenvalue weighted by atomic mass is 14.9. The molecule has 0 fully saturated rings. The standard InChI is InChI=1S/C28H25N/c1-21-17-22(2)19-25(18-21)28(24-9-5-3-6-10-24)20-23-13-15-27(16-14-23)29-26-11-7-4-8-12-26/h3-20,29H,1-2H3/b28-20+. The number of hydrogen-bond donors (Lipinski definition) is 1. The molecule has 1 N–H and O–H groups in total. The first kappa shape index (κ1) is 18.8. The second-order valence-electron chi connectivity index (χ2n) is 7.41. The number of para-hydroxylation sites is 1. The maximum atomic E-state index is 3.44. The molecule has 0 aliphatic carbocycles. The fraction of sp³-hybridized carbons (Fsp3) is 0.0714. The summed E-state index contributed by atoms with van der Waals surface area (Å²) in [7, 11) is 0. The van der Waals surface area contributed by atoms with E-state index in [4.69, 9.17) is 0 Å². The van der Waals surface area contributed by atoms with Crippen LogP contribution in [0.15, 0.2) is 103 Å². The van der Waals surface area contributed by atoms with Crippen LogP contribution in [-0.2, 0) is 0 Å². The molecule has 0 unspecified atom stereocenters. The largest absolute Gasteiger partial charge is 0.356 e. The van der Waals surface area contributed by atoms with Gasteiger partial charge in [-0.2, -0.15) is 0 Å². The van der Waals surface area contributed by atoms with Gasteiger partial charge in [0.25, 0.3) is 0 Å². The van der Waals surface area contributed by atoms with Crippen molar-refractivity contribution >= 4 is 23.0 Å². The fourth-order valence-electron chi connectivity index (χ4n) is 3.60. The Labute approximate surface area is 173 Å². The second kappa shape index (κ2) is 8.62. The van der Waals surface area contributed by atoms with Crippen molar-refractivity contribution in [3.05, 3.63) is 131 Å². The number of anilines is 2. The second-order valence-corrected chi connectivity index (χ2v) is 7.41. The van der Waals surface area contributed by atoms with E-state index >= 15 is 0 Å². The highest BCUT2D eigenvalue weighted by Crippen LogP contribution is 2.28. The van der Waals surface area contributed by atoms with Crippen molar-refractivity contribution < 1.29 is 0 Å². The quantitative estimate of drug-likeness (QED) is 0.353. The van der Waals surface area contributed by atoms with E-state index in [9.17, 15) is 0 Å². The first-order chi connectivity index (χ1) is 14.2. The molecule has 0 aliphatic rings. The van der Waals surface area contributed by atoms with Crippen LogP contribution in [0.4, 0.5) is 11.4 Å². The lowest BCUT2D eigenvalue weighted by molar-refractivity contribution is 1.36. The molecular weight excluding hydrogens is 350 g/mol. The van der Waals surface area contributed by atoms with E-state index in [-0.39, 0.29) is 0 Å². The zero-order chi connectivity index (χ0) is 20.1. The summed E-state index contributed by atoms with van der Waals surface area (Å²) in [5.41, 5.74) is 9.64. The summed E-state index contributed by atoms with van der Waals surface area (Å²) >= 11 is 0. The van der Waals surface area contributed by atoms with E-state index in [2.05, 4.69) is 110 Å². The summed E-state index contributed by atoms with van der Waals surface area (Å²) in [6.07, 6.45) is 2.27.